The molecule has 0 bridgehead atoms. The van der Waals surface area contributed by atoms with Crippen LogP contribution in [0, 0.1) is 6.92 Å². The summed E-state index contributed by atoms with van der Waals surface area (Å²) in [5.41, 5.74) is 2.75. The van der Waals surface area contributed by atoms with Crippen LogP contribution in [0.2, 0.25) is 0 Å². The van der Waals surface area contributed by atoms with Crippen molar-refractivity contribution < 1.29 is 14.3 Å². The lowest BCUT2D eigenvalue weighted by Gasteiger charge is -2.19. The van der Waals surface area contributed by atoms with Crippen molar-refractivity contribution in [2.75, 3.05) is 27.3 Å². The number of carbonyl (C=O) groups is 1. The van der Waals surface area contributed by atoms with Crippen molar-refractivity contribution in [3.8, 4) is 11.5 Å². The molecule has 1 aromatic carbocycles. The summed E-state index contributed by atoms with van der Waals surface area (Å²) in [7, 11) is 3.30. The third-order valence-corrected chi connectivity index (χ3v) is 5.12. The van der Waals surface area contributed by atoms with Crippen molar-refractivity contribution >= 4 is 5.91 Å². The van der Waals surface area contributed by atoms with E-state index in [0.717, 1.165) is 48.7 Å². The van der Waals surface area contributed by atoms with Crippen LogP contribution in [-0.4, -0.2) is 47.9 Å². The lowest BCUT2D eigenvalue weighted by Crippen LogP contribution is -2.29. The number of benzene rings is 1. The molecule has 3 rings (SSSR count). The molecule has 0 spiro atoms. The lowest BCUT2D eigenvalue weighted by atomic mass is 9.97. The summed E-state index contributed by atoms with van der Waals surface area (Å²) >= 11 is 0. The van der Waals surface area contributed by atoms with E-state index in [4.69, 9.17) is 9.47 Å². The zero-order chi connectivity index (χ0) is 18.7. The first-order valence-electron chi connectivity index (χ1n) is 9.13. The number of amides is 1. The van der Waals surface area contributed by atoms with Gasteiger partial charge in [0.25, 0.3) is 5.91 Å². The summed E-state index contributed by atoms with van der Waals surface area (Å²) < 4.78 is 12.9. The molecule has 0 aliphatic carbocycles. The van der Waals surface area contributed by atoms with E-state index in [1.165, 1.54) is 0 Å². The first kappa shape index (κ1) is 18.3. The second-order valence-corrected chi connectivity index (χ2v) is 6.69. The van der Waals surface area contributed by atoms with E-state index >= 15 is 0 Å². The summed E-state index contributed by atoms with van der Waals surface area (Å²) in [6.07, 6.45) is 3.61. The fraction of sp³-hybridized carbons (Fsp3) is 0.500. The molecule has 140 valence electrons. The molecule has 6 nitrogen and oxygen atoms in total. The monoisotopic (exact) mass is 357 g/mol. The summed E-state index contributed by atoms with van der Waals surface area (Å²) in [5, 5.41) is 4.36. The predicted molar refractivity (Wildman–Crippen MR) is 100 cm³/mol. The number of hydrogen-bond donors (Lipinski definition) is 0. The summed E-state index contributed by atoms with van der Waals surface area (Å²) in [4.78, 5) is 14.9. The first-order chi connectivity index (χ1) is 12.6. The van der Waals surface area contributed by atoms with Gasteiger partial charge >= 0.3 is 0 Å². The molecule has 1 fully saturated rings. The Morgan fingerprint density at radius 3 is 2.81 bits per heavy atom. The second kappa shape index (κ2) is 7.81. The van der Waals surface area contributed by atoms with Gasteiger partial charge in [-0.15, -0.1) is 0 Å². The van der Waals surface area contributed by atoms with E-state index < -0.39 is 0 Å². The zero-order valence-corrected chi connectivity index (χ0v) is 16.0. The standard InChI is InChI=1S/C20H27N3O3/c1-5-10-23-14(2)17(12-21-23)20(24)22-11-9-15(13-22)16-7-6-8-18(25-3)19(16)26-4/h6-8,12,15H,5,9-11,13H2,1-4H3/t15-/m0/s1. The average Bonchev–Trinajstić information content (AvgIpc) is 3.28. The maximum atomic E-state index is 13.0. The number of rotatable bonds is 6. The van der Waals surface area contributed by atoms with E-state index in [1.807, 2.05) is 28.6 Å². The number of para-hydroxylation sites is 1. The molecular weight excluding hydrogens is 330 g/mol. The molecule has 0 unspecified atom stereocenters. The number of aromatic nitrogens is 2. The van der Waals surface area contributed by atoms with Crippen molar-refractivity contribution in [1.29, 1.82) is 0 Å². The van der Waals surface area contributed by atoms with E-state index in [2.05, 4.69) is 18.1 Å². The molecule has 26 heavy (non-hydrogen) atoms. The summed E-state index contributed by atoms with van der Waals surface area (Å²) in [6, 6.07) is 5.93. The highest BCUT2D eigenvalue weighted by atomic mass is 16.5. The van der Waals surface area contributed by atoms with Crippen LogP contribution in [0.4, 0.5) is 0 Å². The van der Waals surface area contributed by atoms with Crippen molar-refractivity contribution in [1.82, 2.24) is 14.7 Å². The van der Waals surface area contributed by atoms with Gasteiger partial charge in [-0.05, 0) is 25.8 Å². The topological polar surface area (TPSA) is 56.6 Å². The van der Waals surface area contributed by atoms with Gasteiger partial charge in [0, 0.05) is 36.8 Å². The van der Waals surface area contributed by atoms with Crippen molar-refractivity contribution in [2.45, 2.75) is 39.2 Å². The Morgan fingerprint density at radius 1 is 1.31 bits per heavy atom. The van der Waals surface area contributed by atoms with Crippen molar-refractivity contribution in [3.05, 3.63) is 41.2 Å². The molecule has 2 heterocycles. The SMILES string of the molecule is CCCn1ncc(C(=O)N2CC[C@H](c3cccc(OC)c3OC)C2)c1C. The van der Waals surface area contributed by atoms with Gasteiger partial charge in [0.2, 0.25) is 0 Å². The highest BCUT2D eigenvalue weighted by Gasteiger charge is 2.31. The maximum Gasteiger partial charge on any atom is 0.257 e. The molecule has 0 N–H and O–H groups in total. The Kier molecular flexibility index (Phi) is 5.49. The molecular formula is C20H27N3O3. The van der Waals surface area contributed by atoms with Gasteiger partial charge in [-0.25, -0.2) is 0 Å². The molecule has 1 saturated heterocycles. The first-order valence-corrected chi connectivity index (χ1v) is 9.13. The highest BCUT2D eigenvalue weighted by Crippen LogP contribution is 2.39. The normalized spacial score (nSPS) is 16.8. The zero-order valence-electron chi connectivity index (χ0n) is 16.0. The van der Waals surface area contributed by atoms with E-state index in [1.54, 1.807) is 20.4 Å². The summed E-state index contributed by atoms with van der Waals surface area (Å²) in [5.74, 6) is 1.80. The van der Waals surface area contributed by atoms with Crippen LogP contribution in [0.25, 0.3) is 0 Å². The fourth-order valence-corrected chi connectivity index (χ4v) is 3.70. The van der Waals surface area contributed by atoms with Crippen LogP contribution in [0.1, 0.15) is 47.3 Å². The van der Waals surface area contributed by atoms with Crippen LogP contribution in [0.3, 0.4) is 0 Å². The number of carbonyl (C=O) groups excluding carboxylic acids is 1. The number of ether oxygens (including phenoxy) is 2. The van der Waals surface area contributed by atoms with Crippen LogP contribution in [-0.2, 0) is 6.54 Å². The summed E-state index contributed by atoms with van der Waals surface area (Å²) in [6.45, 7) is 6.33. The number of nitrogens with zero attached hydrogens (tertiary/aromatic N) is 3. The Hall–Kier alpha value is -2.50. The average molecular weight is 357 g/mol. The minimum absolute atomic E-state index is 0.0641. The highest BCUT2D eigenvalue weighted by molar-refractivity contribution is 5.95. The van der Waals surface area contributed by atoms with Crippen molar-refractivity contribution in [3.63, 3.8) is 0 Å². The minimum Gasteiger partial charge on any atom is -0.493 e. The van der Waals surface area contributed by atoms with E-state index in [0.29, 0.717) is 12.1 Å². The smallest absolute Gasteiger partial charge is 0.257 e. The van der Waals surface area contributed by atoms with Crippen molar-refractivity contribution in [2.24, 2.45) is 0 Å². The van der Waals surface area contributed by atoms with Gasteiger partial charge in [0.05, 0.1) is 26.0 Å². The fourth-order valence-electron chi connectivity index (χ4n) is 3.70. The van der Waals surface area contributed by atoms with Crippen LogP contribution >= 0.6 is 0 Å². The predicted octanol–water partition coefficient (Wildman–Crippen LogP) is 3.25. The third kappa shape index (κ3) is 3.28. The van der Waals surface area contributed by atoms with Gasteiger partial charge < -0.3 is 14.4 Å². The molecule has 0 saturated carbocycles. The van der Waals surface area contributed by atoms with Crippen LogP contribution in [0.15, 0.2) is 24.4 Å². The molecule has 0 radical (unpaired) electrons. The Balaban J connectivity index is 1.78. The van der Waals surface area contributed by atoms with Crippen LogP contribution in [0.5, 0.6) is 11.5 Å². The largest absolute Gasteiger partial charge is 0.493 e. The van der Waals surface area contributed by atoms with Gasteiger partial charge in [0.1, 0.15) is 0 Å². The molecule has 6 heteroatoms. The van der Waals surface area contributed by atoms with Gasteiger partial charge in [-0.1, -0.05) is 19.1 Å². The number of hydrogen-bond acceptors (Lipinski definition) is 4. The second-order valence-electron chi connectivity index (χ2n) is 6.69. The molecule has 1 atom stereocenters. The molecule has 1 aliphatic heterocycles. The molecule has 1 aromatic heterocycles. The third-order valence-electron chi connectivity index (χ3n) is 5.12. The molecule has 2 aromatic rings. The van der Waals surface area contributed by atoms with Gasteiger partial charge in [0.15, 0.2) is 11.5 Å². The molecule has 1 aliphatic rings. The maximum absolute atomic E-state index is 13.0. The Bertz CT molecular complexity index is 785. The number of aryl methyl sites for hydroxylation is 1. The Morgan fingerprint density at radius 2 is 2.12 bits per heavy atom. The lowest BCUT2D eigenvalue weighted by molar-refractivity contribution is 0.0789. The van der Waals surface area contributed by atoms with Crippen LogP contribution < -0.4 is 9.47 Å². The minimum atomic E-state index is 0.0641. The van der Waals surface area contributed by atoms with Gasteiger partial charge in [-0.3, -0.25) is 9.48 Å². The number of methoxy groups -OCH3 is 2. The molecule has 1 amide bonds. The van der Waals surface area contributed by atoms with E-state index in [9.17, 15) is 4.79 Å². The number of likely N-dealkylation sites (tertiary alicyclic amines) is 1. The Labute approximate surface area is 154 Å². The van der Waals surface area contributed by atoms with Gasteiger partial charge in [-0.2, -0.15) is 5.10 Å². The van der Waals surface area contributed by atoms with E-state index in [-0.39, 0.29) is 11.8 Å². The quantitative estimate of drug-likeness (QED) is 0.796.